The van der Waals surface area contributed by atoms with Gasteiger partial charge in [0.1, 0.15) is 5.01 Å². The highest BCUT2D eigenvalue weighted by Crippen LogP contribution is 2.19. The average Bonchev–Trinajstić information content (AvgIpc) is 2.50. The van der Waals surface area contributed by atoms with Crippen molar-refractivity contribution in [2.24, 2.45) is 0 Å². The summed E-state index contributed by atoms with van der Waals surface area (Å²) in [6.45, 7) is 5.56. The molecule has 0 saturated carbocycles. The van der Waals surface area contributed by atoms with Gasteiger partial charge in [0.2, 0.25) is 5.91 Å². The molecule has 72 valence electrons. The fourth-order valence-electron chi connectivity index (χ4n) is 1.05. The van der Waals surface area contributed by atoms with Crippen molar-refractivity contribution in [3.63, 3.8) is 0 Å². The molecule has 0 fully saturated rings. The molecule has 1 unspecified atom stereocenters. The quantitative estimate of drug-likeness (QED) is 0.806. The standard InChI is InChI=1S/C9H14N2OS/c1-4-8-5-10-9(13-8)6(2)11-7(3)12/h5-6H,4H2,1-3H3,(H,11,12). The molecule has 0 radical (unpaired) electrons. The van der Waals surface area contributed by atoms with E-state index >= 15 is 0 Å². The highest BCUT2D eigenvalue weighted by molar-refractivity contribution is 7.11. The van der Waals surface area contributed by atoms with Crippen molar-refractivity contribution in [2.75, 3.05) is 0 Å². The van der Waals surface area contributed by atoms with Gasteiger partial charge in [-0.25, -0.2) is 4.98 Å². The van der Waals surface area contributed by atoms with Gasteiger partial charge < -0.3 is 5.32 Å². The third-order valence-electron chi connectivity index (χ3n) is 1.71. The molecule has 1 atom stereocenters. The van der Waals surface area contributed by atoms with E-state index in [4.69, 9.17) is 0 Å². The van der Waals surface area contributed by atoms with E-state index in [2.05, 4.69) is 17.2 Å². The number of hydrogen-bond donors (Lipinski definition) is 1. The van der Waals surface area contributed by atoms with E-state index in [9.17, 15) is 4.79 Å². The molecule has 0 saturated heterocycles. The van der Waals surface area contributed by atoms with Crippen LogP contribution in [-0.2, 0) is 11.2 Å². The number of rotatable bonds is 3. The number of aryl methyl sites for hydroxylation is 1. The summed E-state index contributed by atoms with van der Waals surface area (Å²) in [7, 11) is 0. The summed E-state index contributed by atoms with van der Waals surface area (Å²) >= 11 is 1.66. The Hall–Kier alpha value is -0.900. The molecule has 0 aliphatic carbocycles. The lowest BCUT2D eigenvalue weighted by molar-refractivity contribution is -0.119. The summed E-state index contributed by atoms with van der Waals surface area (Å²) in [5, 5.41) is 3.78. The van der Waals surface area contributed by atoms with Crippen LogP contribution in [0.4, 0.5) is 0 Å². The maximum Gasteiger partial charge on any atom is 0.217 e. The van der Waals surface area contributed by atoms with Gasteiger partial charge in [-0.2, -0.15) is 0 Å². The molecule has 1 heterocycles. The SMILES string of the molecule is CCc1cnc(C(C)NC(C)=O)s1. The van der Waals surface area contributed by atoms with Gasteiger partial charge in [-0.15, -0.1) is 11.3 Å². The number of carbonyl (C=O) groups excluding carboxylic acids is 1. The van der Waals surface area contributed by atoms with E-state index in [1.165, 1.54) is 11.8 Å². The summed E-state index contributed by atoms with van der Waals surface area (Å²) in [5.74, 6) is -0.0132. The molecule has 1 amide bonds. The van der Waals surface area contributed by atoms with Crippen LogP contribution >= 0.6 is 11.3 Å². The van der Waals surface area contributed by atoms with Crippen molar-refractivity contribution in [3.05, 3.63) is 16.1 Å². The Morgan fingerprint density at radius 3 is 2.92 bits per heavy atom. The second-order valence-electron chi connectivity index (χ2n) is 2.94. The van der Waals surface area contributed by atoms with Crippen molar-refractivity contribution >= 4 is 17.2 Å². The second kappa shape index (κ2) is 4.37. The van der Waals surface area contributed by atoms with Crippen molar-refractivity contribution < 1.29 is 4.79 Å². The molecule has 1 N–H and O–H groups in total. The first-order chi connectivity index (χ1) is 6.13. The van der Waals surface area contributed by atoms with Gasteiger partial charge in [0, 0.05) is 18.0 Å². The molecule has 0 aromatic carbocycles. The maximum atomic E-state index is 10.8. The molecule has 0 aliphatic heterocycles. The van der Waals surface area contributed by atoms with Gasteiger partial charge in [0.15, 0.2) is 0 Å². The highest BCUT2D eigenvalue weighted by atomic mass is 32.1. The summed E-state index contributed by atoms with van der Waals surface area (Å²) in [6, 6.07) is 0.0304. The van der Waals surface area contributed by atoms with Crippen LogP contribution < -0.4 is 5.32 Å². The van der Waals surface area contributed by atoms with Gasteiger partial charge in [0.25, 0.3) is 0 Å². The third-order valence-corrected chi connectivity index (χ3v) is 3.03. The van der Waals surface area contributed by atoms with Crippen molar-refractivity contribution in [3.8, 4) is 0 Å². The average molecular weight is 198 g/mol. The number of carbonyl (C=O) groups is 1. The zero-order valence-electron chi connectivity index (χ0n) is 8.13. The maximum absolute atomic E-state index is 10.8. The Morgan fingerprint density at radius 1 is 1.77 bits per heavy atom. The van der Waals surface area contributed by atoms with Crippen LogP contribution in [0.15, 0.2) is 6.20 Å². The summed E-state index contributed by atoms with van der Waals surface area (Å²) in [4.78, 5) is 16.3. The van der Waals surface area contributed by atoms with Crippen LogP contribution in [0.3, 0.4) is 0 Å². The molecule has 1 aromatic heterocycles. The van der Waals surface area contributed by atoms with Crippen molar-refractivity contribution in [2.45, 2.75) is 33.2 Å². The van der Waals surface area contributed by atoms with E-state index in [0.29, 0.717) is 0 Å². The van der Waals surface area contributed by atoms with E-state index in [1.807, 2.05) is 13.1 Å². The normalized spacial score (nSPS) is 12.5. The summed E-state index contributed by atoms with van der Waals surface area (Å²) < 4.78 is 0. The Morgan fingerprint density at radius 2 is 2.46 bits per heavy atom. The Balaban J connectivity index is 2.65. The topological polar surface area (TPSA) is 42.0 Å². The van der Waals surface area contributed by atoms with Gasteiger partial charge in [-0.3, -0.25) is 4.79 Å². The second-order valence-corrected chi connectivity index (χ2v) is 4.09. The summed E-state index contributed by atoms with van der Waals surface area (Å²) in [6.07, 6.45) is 2.88. The van der Waals surface area contributed by atoms with Crippen LogP contribution in [-0.4, -0.2) is 10.9 Å². The molecule has 3 nitrogen and oxygen atoms in total. The lowest BCUT2D eigenvalue weighted by atomic mass is 10.3. The minimum absolute atomic E-state index is 0.0132. The number of hydrogen-bond acceptors (Lipinski definition) is 3. The number of amides is 1. The minimum atomic E-state index is -0.0132. The van der Waals surface area contributed by atoms with E-state index in [-0.39, 0.29) is 11.9 Å². The monoisotopic (exact) mass is 198 g/mol. The highest BCUT2D eigenvalue weighted by Gasteiger charge is 2.10. The molecular weight excluding hydrogens is 184 g/mol. The molecule has 0 spiro atoms. The van der Waals surface area contributed by atoms with Gasteiger partial charge in [0.05, 0.1) is 6.04 Å². The first-order valence-corrected chi connectivity index (χ1v) is 5.16. The van der Waals surface area contributed by atoms with Gasteiger partial charge in [-0.05, 0) is 13.3 Å². The van der Waals surface area contributed by atoms with Crippen molar-refractivity contribution in [1.29, 1.82) is 0 Å². The van der Waals surface area contributed by atoms with Crippen LogP contribution in [0, 0.1) is 0 Å². The molecule has 1 aromatic rings. The third kappa shape index (κ3) is 2.81. The predicted octanol–water partition coefficient (Wildman–Crippen LogP) is 1.90. The number of nitrogens with one attached hydrogen (secondary N) is 1. The Labute approximate surface area is 82.2 Å². The minimum Gasteiger partial charge on any atom is -0.347 e. The van der Waals surface area contributed by atoms with Gasteiger partial charge >= 0.3 is 0 Å². The van der Waals surface area contributed by atoms with Gasteiger partial charge in [-0.1, -0.05) is 6.92 Å². The smallest absolute Gasteiger partial charge is 0.217 e. The number of aromatic nitrogens is 1. The van der Waals surface area contributed by atoms with Crippen LogP contribution in [0.1, 0.15) is 36.7 Å². The first kappa shape index (κ1) is 10.2. The lowest BCUT2D eigenvalue weighted by Crippen LogP contribution is -2.23. The Bertz CT molecular complexity index is 296. The molecular formula is C9H14N2OS. The molecule has 0 aliphatic rings. The zero-order valence-corrected chi connectivity index (χ0v) is 8.94. The van der Waals surface area contributed by atoms with Crippen LogP contribution in [0.2, 0.25) is 0 Å². The number of thiazole rings is 1. The van der Waals surface area contributed by atoms with E-state index < -0.39 is 0 Å². The fraction of sp³-hybridized carbons (Fsp3) is 0.556. The largest absolute Gasteiger partial charge is 0.347 e. The summed E-state index contributed by atoms with van der Waals surface area (Å²) in [5.41, 5.74) is 0. The molecule has 13 heavy (non-hydrogen) atoms. The van der Waals surface area contributed by atoms with Crippen LogP contribution in [0.5, 0.6) is 0 Å². The predicted molar refractivity (Wildman–Crippen MR) is 53.7 cm³/mol. The molecule has 1 rings (SSSR count). The van der Waals surface area contributed by atoms with Crippen LogP contribution in [0.25, 0.3) is 0 Å². The van der Waals surface area contributed by atoms with E-state index in [0.717, 1.165) is 11.4 Å². The number of nitrogens with zero attached hydrogens (tertiary/aromatic N) is 1. The lowest BCUT2D eigenvalue weighted by Gasteiger charge is -2.07. The molecule has 4 heteroatoms. The van der Waals surface area contributed by atoms with E-state index in [1.54, 1.807) is 11.3 Å². The Kier molecular flexibility index (Phi) is 3.42. The molecule has 0 bridgehead atoms. The first-order valence-electron chi connectivity index (χ1n) is 4.35. The van der Waals surface area contributed by atoms with Crippen molar-refractivity contribution in [1.82, 2.24) is 10.3 Å². The fourth-order valence-corrected chi connectivity index (χ4v) is 1.91. The zero-order chi connectivity index (χ0) is 9.84.